The smallest absolute Gasteiger partial charge is 0.412 e. The predicted octanol–water partition coefficient (Wildman–Crippen LogP) is 3.47. The molecule has 1 rings (SSSR count). The SMILES string of the molecule is COc1cc(NC(=O)OC(C)(C)C)ccc1CC(N)C(F)(F)F. The lowest BCUT2D eigenvalue weighted by atomic mass is 10.0. The van der Waals surface area contributed by atoms with E-state index in [-0.39, 0.29) is 5.75 Å². The molecular weight excluding hydrogens is 313 g/mol. The minimum Gasteiger partial charge on any atom is -0.496 e. The van der Waals surface area contributed by atoms with Crippen LogP contribution in [0, 0.1) is 0 Å². The van der Waals surface area contributed by atoms with Crippen molar-refractivity contribution in [3.8, 4) is 5.75 Å². The number of amides is 1. The minimum atomic E-state index is -4.49. The highest BCUT2D eigenvalue weighted by molar-refractivity contribution is 5.85. The summed E-state index contributed by atoms with van der Waals surface area (Å²) in [6.07, 6.45) is -5.57. The molecule has 1 unspecified atom stereocenters. The number of carbonyl (C=O) groups is 1. The number of anilines is 1. The Hall–Kier alpha value is -1.96. The topological polar surface area (TPSA) is 73.6 Å². The zero-order valence-electron chi connectivity index (χ0n) is 13.5. The number of nitrogens with one attached hydrogen (secondary N) is 1. The van der Waals surface area contributed by atoms with Crippen molar-refractivity contribution < 1.29 is 27.4 Å². The summed E-state index contributed by atoms with van der Waals surface area (Å²) in [5.41, 5.74) is 5.11. The van der Waals surface area contributed by atoms with Gasteiger partial charge in [0, 0.05) is 11.8 Å². The Morgan fingerprint density at radius 2 is 1.91 bits per heavy atom. The van der Waals surface area contributed by atoms with E-state index in [0.29, 0.717) is 11.3 Å². The first kappa shape index (κ1) is 19.1. The van der Waals surface area contributed by atoms with Gasteiger partial charge in [-0.2, -0.15) is 13.2 Å². The molecule has 0 saturated heterocycles. The largest absolute Gasteiger partial charge is 0.496 e. The second-order valence-electron chi connectivity index (χ2n) is 6.01. The Morgan fingerprint density at radius 3 is 2.39 bits per heavy atom. The van der Waals surface area contributed by atoms with Gasteiger partial charge in [0.2, 0.25) is 0 Å². The van der Waals surface area contributed by atoms with Crippen LogP contribution in [0.1, 0.15) is 26.3 Å². The van der Waals surface area contributed by atoms with E-state index in [1.165, 1.54) is 25.3 Å². The van der Waals surface area contributed by atoms with Crippen LogP contribution in [-0.4, -0.2) is 31.0 Å². The van der Waals surface area contributed by atoms with Crippen LogP contribution in [0.3, 0.4) is 0 Å². The average Bonchev–Trinajstić information content (AvgIpc) is 2.36. The number of hydrogen-bond donors (Lipinski definition) is 2. The van der Waals surface area contributed by atoms with Crippen molar-refractivity contribution in [2.45, 2.75) is 45.0 Å². The molecule has 0 spiro atoms. The molecule has 0 aliphatic rings. The van der Waals surface area contributed by atoms with Gasteiger partial charge < -0.3 is 15.2 Å². The summed E-state index contributed by atoms with van der Waals surface area (Å²) in [7, 11) is 1.33. The first-order chi connectivity index (χ1) is 10.4. The van der Waals surface area contributed by atoms with E-state index in [0.717, 1.165) is 0 Å². The Balaban J connectivity index is 2.86. The van der Waals surface area contributed by atoms with Crippen molar-refractivity contribution in [1.29, 1.82) is 0 Å². The van der Waals surface area contributed by atoms with Crippen LogP contribution in [0.25, 0.3) is 0 Å². The van der Waals surface area contributed by atoms with Crippen LogP contribution in [0.4, 0.5) is 23.7 Å². The molecule has 130 valence electrons. The van der Waals surface area contributed by atoms with Crippen LogP contribution >= 0.6 is 0 Å². The molecule has 1 aromatic rings. The lowest BCUT2D eigenvalue weighted by Crippen LogP contribution is -2.39. The molecule has 0 saturated carbocycles. The molecule has 0 bridgehead atoms. The summed E-state index contributed by atoms with van der Waals surface area (Å²) < 4.78 is 47.8. The lowest BCUT2D eigenvalue weighted by molar-refractivity contribution is -0.147. The maximum absolute atomic E-state index is 12.5. The third-order valence-corrected chi connectivity index (χ3v) is 2.79. The molecule has 0 aliphatic heterocycles. The quantitative estimate of drug-likeness (QED) is 0.884. The highest BCUT2D eigenvalue weighted by Crippen LogP contribution is 2.28. The molecule has 1 amide bonds. The second kappa shape index (κ2) is 7.08. The minimum absolute atomic E-state index is 0.207. The van der Waals surface area contributed by atoms with Gasteiger partial charge in [0.05, 0.1) is 7.11 Å². The molecule has 0 heterocycles. The fourth-order valence-corrected chi connectivity index (χ4v) is 1.77. The number of methoxy groups -OCH3 is 1. The van der Waals surface area contributed by atoms with E-state index in [1.54, 1.807) is 20.8 Å². The van der Waals surface area contributed by atoms with Gasteiger partial charge in [0.25, 0.3) is 0 Å². The van der Waals surface area contributed by atoms with Gasteiger partial charge >= 0.3 is 12.3 Å². The number of ether oxygens (including phenoxy) is 2. The number of hydrogen-bond acceptors (Lipinski definition) is 4. The predicted molar refractivity (Wildman–Crippen MR) is 80.6 cm³/mol. The van der Waals surface area contributed by atoms with Gasteiger partial charge in [0.1, 0.15) is 17.4 Å². The van der Waals surface area contributed by atoms with Gasteiger partial charge in [-0.05, 0) is 38.8 Å². The maximum atomic E-state index is 12.5. The van der Waals surface area contributed by atoms with Crippen molar-refractivity contribution in [2.75, 3.05) is 12.4 Å². The fraction of sp³-hybridized carbons (Fsp3) is 0.533. The summed E-state index contributed by atoms with van der Waals surface area (Å²) in [4.78, 5) is 11.7. The van der Waals surface area contributed by atoms with Crippen molar-refractivity contribution >= 4 is 11.8 Å². The van der Waals surface area contributed by atoms with Crippen molar-refractivity contribution in [3.05, 3.63) is 23.8 Å². The van der Waals surface area contributed by atoms with Crippen molar-refractivity contribution in [3.63, 3.8) is 0 Å². The van der Waals surface area contributed by atoms with Crippen molar-refractivity contribution in [2.24, 2.45) is 5.73 Å². The van der Waals surface area contributed by atoms with E-state index >= 15 is 0 Å². The molecule has 1 aromatic carbocycles. The summed E-state index contributed by atoms with van der Waals surface area (Å²) in [6, 6.07) is 2.32. The molecule has 1 atom stereocenters. The molecule has 0 radical (unpaired) electrons. The Bertz CT molecular complexity index is 554. The Labute approximate surface area is 132 Å². The summed E-state index contributed by atoms with van der Waals surface area (Å²) in [5, 5.41) is 2.49. The van der Waals surface area contributed by atoms with E-state index in [1.807, 2.05) is 0 Å². The number of nitrogens with two attached hydrogens (primary N) is 1. The number of rotatable bonds is 4. The van der Waals surface area contributed by atoms with Crippen LogP contribution in [-0.2, 0) is 11.2 Å². The normalized spacial score (nSPS) is 13.4. The van der Waals surface area contributed by atoms with Crippen LogP contribution in [0.15, 0.2) is 18.2 Å². The molecule has 0 aromatic heterocycles. The van der Waals surface area contributed by atoms with E-state index in [2.05, 4.69) is 5.32 Å². The summed E-state index contributed by atoms with van der Waals surface area (Å²) in [6.45, 7) is 5.15. The summed E-state index contributed by atoms with van der Waals surface area (Å²) in [5.74, 6) is 0.207. The van der Waals surface area contributed by atoms with E-state index in [4.69, 9.17) is 15.2 Å². The van der Waals surface area contributed by atoms with Gasteiger partial charge in [-0.3, -0.25) is 5.32 Å². The molecule has 8 heteroatoms. The number of halogens is 3. The van der Waals surface area contributed by atoms with E-state index in [9.17, 15) is 18.0 Å². The van der Waals surface area contributed by atoms with Crippen molar-refractivity contribution in [1.82, 2.24) is 0 Å². The zero-order valence-corrected chi connectivity index (χ0v) is 13.5. The Kier molecular flexibility index (Phi) is 5.87. The van der Waals surface area contributed by atoms with Gasteiger partial charge in [-0.1, -0.05) is 6.07 Å². The van der Waals surface area contributed by atoms with Gasteiger partial charge in [-0.15, -0.1) is 0 Å². The number of alkyl halides is 3. The average molecular weight is 334 g/mol. The molecule has 0 aliphatic carbocycles. The number of carbonyl (C=O) groups excluding carboxylic acids is 1. The molecule has 23 heavy (non-hydrogen) atoms. The van der Waals surface area contributed by atoms with Gasteiger partial charge in [-0.25, -0.2) is 4.79 Å². The molecule has 3 N–H and O–H groups in total. The molecule has 0 fully saturated rings. The maximum Gasteiger partial charge on any atom is 0.412 e. The Morgan fingerprint density at radius 1 is 1.30 bits per heavy atom. The molecule has 5 nitrogen and oxygen atoms in total. The van der Waals surface area contributed by atoms with Crippen LogP contribution in [0.2, 0.25) is 0 Å². The summed E-state index contributed by atoms with van der Waals surface area (Å²) >= 11 is 0. The first-order valence-corrected chi connectivity index (χ1v) is 6.91. The zero-order chi connectivity index (χ0) is 17.8. The van der Waals surface area contributed by atoms with Crippen LogP contribution < -0.4 is 15.8 Å². The van der Waals surface area contributed by atoms with Crippen LogP contribution in [0.5, 0.6) is 5.75 Å². The number of benzene rings is 1. The second-order valence-corrected chi connectivity index (χ2v) is 6.01. The lowest BCUT2D eigenvalue weighted by Gasteiger charge is -2.20. The third-order valence-electron chi connectivity index (χ3n) is 2.79. The highest BCUT2D eigenvalue weighted by atomic mass is 19.4. The highest BCUT2D eigenvalue weighted by Gasteiger charge is 2.37. The monoisotopic (exact) mass is 334 g/mol. The first-order valence-electron chi connectivity index (χ1n) is 6.91. The molecular formula is C15H21F3N2O3. The fourth-order valence-electron chi connectivity index (χ4n) is 1.77. The van der Waals surface area contributed by atoms with E-state index < -0.39 is 30.3 Å². The van der Waals surface area contributed by atoms with Gasteiger partial charge in [0.15, 0.2) is 0 Å². The third kappa shape index (κ3) is 6.35. The standard InChI is InChI=1S/C15H21F3N2O3/c1-14(2,3)23-13(21)20-10-6-5-9(11(8-10)22-4)7-12(19)15(16,17)18/h5-6,8,12H,7,19H2,1-4H3,(H,20,21).